The second-order valence-corrected chi connectivity index (χ2v) is 8.50. The van der Waals surface area contributed by atoms with Gasteiger partial charge in [-0.05, 0) is 24.3 Å². The molecule has 0 saturated carbocycles. The van der Waals surface area contributed by atoms with Crippen LogP contribution in [-0.2, 0) is 9.84 Å². The Labute approximate surface area is 133 Å². The third-order valence-corrected chi connectivity index (χ3v) is 6.45. The zero-order valence-corrected chi connectivity index (χ0v) is 13.2. The maximum Gasteiger partial charge on any atom is 0.197 e. The van der Waals surface area contributed by atoms with E-state index in [0.717, 1.165) is 5.75 Å². The number of rotatable bonds is 2. The highest BCUT2D eigenvalue weighted by Crippen LogP contribution is 2.39. The minimum atomic E-state index is -3.45. The summed E-state index contributed by atoms with van der Waals surface area (Å²) in [6.07, 6.45) is 0. The Kier molecular flexibility index (Phi) is 3.23. The lowest BCUT2D eigenvalue weighted by Gasteiger charge is -2.09. The number of nitrogens with zero attached hydrogens (tertiary/aromatic N) is 1. The van der Waals surface area contributed by atoms with Crippen LogP contribution >= 0.6 is 11.8 Å². The fourth-order valence-electron chi connectivity index (χ4n) is 2.38. The quantitative estimate of drug-likeness (QED) is 0.792. The topological polar surface area (TPSA) is 55.7 Å². The summed E-state index contributed by atoms with van der Waals surface area (Å²) in [6, 6.07) is 14.4. The van der Waals surface area contributed by atoms with Gasteiger partial charge in [-0.3, -0.25) is 0 Å². The van der Waals surface area contributed by atoms with Gasteiger partial charge in [0.15, 0.2) is 20.6 Å². The van der Waals surface area contributed by atoms with E-state index in [9.17, 15) is 8.42 Å². The molecule has 112 valence electrons. The van der Waals surface area contributed by atoms with Crippen LogP contribution in [-0.4, -0.2) is 30.2 Å². The normalized spacial score (nSPS) is 19.3. The van der Waals surface area contributed by atoms with Gasteiger partial charge in [-0.2, -0.15) is 11.8 Å². The maximum absolute atomic E-state index is 12.8. The third kappa shape index (κ3) is 2.53. The number of ether oxygens (including phenoxy) is 1. The van der Waals surface area contributed by atoms with E-state index in [2.05, 4.69) is 4.99 Å². The van der Waals surface area contributed by atoms with Gasteiger partial charge in [0.25, 0.3) is 0 Å². The van der Waals surface area contributed by atoms with Crippen molar-refractivity contribution in [2.75, 3.05) is 11.5 Å². The van der Waals surface area contributed by atoms with E-state index in [1.807, 2.05) is 18.2 Å². The summed E-state index contributed by atoms with van der Waals surface area (Å²) < 4.78 is 31.4. The molecule has 0 N–H and O–H groups in total. The van der Waals surface area contributed by atoms with E-state index in [-0.39, 0.29) is 16.0 Å². The molecule has 2 aliphatic rings. The molecule has 2 aromatic carbocycles. The number of sulfone groups is 1. The molecular formula is C16H13NO3S2. The molecule has 0 spiro atoms. The van der Waals surface area contributed by atoms with E-state index in [1.54, 1.807) is 42.1 Å². The molecule has 1 saturated heterocycles. The van der Waals surface area contributed by atoms with E-state index < -0.39 is 9.84 Å². The van der Waals surface area contributed by atoms with Gasteiger partial charge >= 0.3 is 0 Å². The second-order valence-electron chi connectivity index (χ2n) is 5.22. The van der Waals surface area contributed by atoms with Gasteiger partial charge in [0.2, 0.25) is 0 Å². The van der Waals surface area contributed by atoms with Crippen LogP contribution in [0, 0.1) is 0 Å². The molecule has 2 aromatic rings. The van der Waals surface area contributed by atoms with Crippen LogP contribution in [0.3, 0.4) is 0 Å². The molecule has 1 fully saturated rings. The molecule has 6 heteroatoms. The van der Waals surface area contributed by atoms with Crippen LogP contribution < -0.4 is 4.74 Å². The third-order valence-electron chi connectivity index (χ3n) is 3.53. The molecule has 0 aliphatic carbocycles. The van der Waals surface area contributed by atoms with Gasteiger partial charge in [0.1, 0.15) is 11.4 Å². The van der Waals surface area contributed by atoms with Crippen molar-refractivity contribution in [2.45, 2.75) is 5.25 Å². The predicted molar refractivity (Wildman–Crippen MR) is 89.2 cm³/mol. The van der Waals surface area contributed by atoms with Crippen LogP contribution in [0.5, 0.6) is 11.5 Å². The largest absolute Gasteiger partial charge is 0.454 e. The lowest BCUT2D eigenvalue weighted by molar-refractivity contribution is 0.485. The van der Waals surface area contributed by atoms with Gasteiger partial charge in [-0.1, -0.05) is 24.3 Å². The van der Waals surface area contributed by atoms with Crippen molar-refractivity contribution < 1.29 is 13.2 Å². The molecule has 22 heavy (non-hydrogen) atoms. The lowest BCUT2D eigenvalue weighted by atomic mass is 10.2. The number of fused-ring (bicyclic) bond motifs is 2. The van der Waals surface area contributed by atoms with Crippen molar-refractivity contribution in [1.29, 1.82) is 0 Å². The number of para-hydroxylation sites is 3. The second kappa shape index (κ2) is 5.14. The summed E-state index contributed by atoms with van der Waals surface area (Å²) >= 11 is 1.67. The first kappa shape index (κ1) is 13.8. The average molecular weight is 331 g/mol. The van der Waals surface area contributed by atoms with Crippen molar-refractivity contribution in [3.8, 4) is 11.5 Å². The van der Waals surface area contributed by atoms with E-state index >= 15 is 0 Å². The van der Waals surface area contributed by atoms with Crippen molar-refractivity contribution >= 4 is 32.3 Å². The first-order valence-electron chi connectivity index (χ1n) is 6.93. The summed E-state index contributed by atoms with van der Waals surface area (Å²) in [5, 5.41) is 0.305. The maximum atomic E-state index is 12.8. The molecular weight excluding hydrogens is 318 g/mol. The van der Waals surface area contributed by atoms with Crippen molar-refractivity contribution in [1.82, 2.24) is 0 Å². The van der Waals surface area contributed by atoms with Crippen LogP contribution in [0.1, 0.15) is 5.56 Å². The minimum absolute atomic E-state index is 0.112. The van der Waals surface area contributed by atoms with Gasteiger partial charge < -0.3 is 4.74 Å². The number of hydrogen-bond donors (Lipinski definition) is 0. The van der Waals surface area contributed by atoms with Gasteiger partial charge in [-0.25, -0.2) is 13.4 Å². The first-order chi connectivity index (χ1) is 10.6. The zero-order valence-electron chi connectivity index (χ0n) is 11.6. The molecule has 0 amide bonds. The summed E-state index contributed by atoms with van der Waals surface area (Å²) in [6.45, 7) is 0. The monoisotopic (exact) mass is 331 g/mol. The summed E-state index contributed by atoms with van der Waals surface area (Å²) in [4.78, 5) is 4.43. The lowest BCUT2D eigenvalue weighted by Crippen LogP contribution is -2.22. The highest BCUT2D eigenvalue weighted by Gasteiger charge is 2.34. The number of aliphatic imine (C=N–C) groups is 1. The number of thioether (sulfide) groups is 1. The highest BCUT2D eigenvalue weighted by molar-refractivity contribution is 8.11. The minimum Gasteiger partial charge on any atom is -0.454 e. The van der Waals surface area contributed by atoms with Crippen LogP contribution in [0.15, 0.2) is 53.5 Å². The van der Waals surface area contributed by atoms with Crippen LogP contribution in [0.25, 0.3) is 0 Å². The number of hydrogen-bond acceptors (Lipinski definition) is 5. The first-order valence-corrected chi connectivity index (χ1v) is 9.63. The standard InChI is InChI=1S/C16H13NO3S2/c18-22(19,10-11-9-21-11)16-12-5-1-3-7-14(12)20-15-8-4-2-6-13(15)17-16/h1-8,11H,9-10H2. The van der Waals surface area contributed by atoms with Crippen LogP contribution in [0.2, 0.25) is 0 Å². The smallest absolute Gasteiger partial charge is 0.197 e. The molecule has 1 unspecified atom stereocenters. The fraction of sp³-hybridized carbons (Fsp3) is 0.188. The molecule has 0 aromatic heterocycles. The summed E-state index contributed by atoms with van der Waals surface area (Å²) in [7, 11) is -3.45. The predicted octanol–water partition coefficient (Wildman–Crippen LogP) is 3.40. The molecule has 2 heterocycles. The Morgan fingerprint density at radius 1 is 1.09 bits per heavy atom. The summed E-state index contributed by atoms with van der Waals surface area (Å²) in [5.41, 5.74) is 1.07. The average Bonchev–Trinajstić information content (AvgIpc) is 3.31. The zero-order chi connectivity index (χ0) is 15.2. The van der Waals surface area contributed by atoms with Gasteiger partial charge in [0, 0.05) is 11.0 Å². The molecule has 4 nitrogen and oxygen atoms in total. The Morgan fingerprint density at radius 2 is 1.77 bits per heavy atom. The van der Waals surface area contributed by atoms with E-state index in [4.69, 9.17) is 4.74 Å². The van der Waals surface area contributed by atoms with Gasteiger partial charge in [-0.15, -0.1) is 0 Å². The molecule has 0 radical (unpaired) electrons. The SMILES string of the molecule is O=S(=O)(CC1CS1)C1=Nc2ccccc2Oc2ccccc21. The van der Waals surface area contributed by atoms with E-state index in [0.29, 0.717) is 22.7 Å². The Bertz CT molecular complexity index is 870. The van der Waals surface area contributed by atoms with Crippen molar-refractivity contribution in [3.05, 3.63) is 54.1 Å². The molecule has 1 atom stereocenters. The highest BCUT2D eigenvalue weighted by atomic mass is 32.2. The molecule has 4 rings (SSSR count). The van der Waals surface area contributed by atoms with Gasteiger partial charge in [0.05, 0.1) is 11.3 Å². The Morgan fingerprint density at radius 3 is 2.55 bits per heavy atom. The molecule has 2 aliphatic heterocycles. The summed E-state index contributed by atoms with van der Waals surface area (Å²) in [5.74, 6) is 2.13. The Balaban J connectivity index is 1.92. The molecule has 0 bridgehead atoms. The van der Waals surface area contributed by atoms with Crippen molar-refractivity contribution in [2.24, 2.45) is 4.99 Å². The number of benzene rings is 2. The Hall–Kier alpha value is -1.79. The fourth-order valence-corrected chi connectivity index (χ4v) is 5.21. The van der Waals surface area contributed by atoms with E-state index in [1.165, 1.54) is 0 Å². The van der Waals surface area contributed by atoms with Crippen LogP contribution in [0.4, 0.5) is 5.69 Å². The van der Waals surface area contributed by atoms with Crippen molar-refractivity contribution in [3.63, 3.8) is 0 Å².